The lowest BCUT2D eigenvalue weighted by molar-refractivity contribution is 0.773. The van der Waals surface area contributed by atoms with Gasteiger partial charge in [0.25, 0.3) is 0 Å². The fourth-order valence-corrected chi connectivity index (χ4v) is 10.00. The van der Waals surface area contributed by atoms with E-state index in [0.29, 0.717) is 0 Å². The molecule has 42 heavy (non-hydrogen) atoms. The van der Waals surface area contributed by atoms with Crippen molar-refractivity contribution in [1.82, 2.24) is 0 Å². The highest BCUT2D eigenvalue weighted by atomic mass is 32.1. The highest BCUT2D eigenvalue weighted by Crippen LogP contribution is 2.67. The minimum absolute atomic E-state index is 0.184. The van der Waals surface area contributed by atoms with Gasteiger partial charge in [0, 0.05) is 31.3 Å². The average Bonchev–Trinajstić information content (AvgIpc) is 3.68. The SMILES string of the molecule is c1ccc(-c2sc(-c3ccccc3)c3c2C2c4ccccc4C3c3c(-c4ccccc4)sc(-c4ccccc4)c32)cc1. The quantitative estimate of drug-likeness (QED) is 0.197. The van der Waals surface area contributed by atoms with Crippen molar-refractivity contribution in [2.45, 2.75) is 11.8 Å². The maximum atomic E-state index is 2.39. The second-order valence-electron chi connectivity index (χ2n) is 11.1. The number of hydrogen-bond acceptors (Lipinski definition) is 2. The summed E-state index contributed by atoms with van der Waals surface area (Å²) in [6.07, 6.45) is 0. The topological polar surface area (TPSA) is 0 Å². The molecule has 2 bridgehead atoms. The highest BCUT2D eigenvalue weighted by molar-refractivity contribution is 7.20. The van der Waals surface area contributed by atoms with Crippen LogP contribution in [0.3, 0.4) is 0 Å². The Kier molecular flexibility index (Phi) is 5.47. The molecule has 0 radical (unpaired) electrons. The third-order valence-electron chi connectivity index (χ3n) is 8.88. The Morgan fingerprint density at radius 2 is 0.524 bits per heavy atom. The number of rotatable bonds is 4. The normalized spacial score (nSPS) is 16.1. The van der Waals surface area contributed by atoms with Crippen LogP contribution in [0.1, 0.15) is 45.2 Å². The van der Waals surface area contributed by atoms with Gasteiger partial charge in [0.05, 0.1) is 0 Å². The van der Waals surface area contributed by atoms with Gasteiger partial charge in [0.15, 0.2) is 0 Å². The molecule has 2 heterocycles. The van der Waals surface area contributed by atoms with Gasteiger partial charge >= 0.3 is 0 Å². The Labute approximate surface area is 254 Å². The van der Waals surface area contributed by atoms with Gasteiger partial charge in [-0.25, -0.2) is 0 Å². The zero-order chi connectivity index (χ0) is 27.6. The van der Waals surface area contributed by atoms with Gasteiger partial charge in [-0.1, -0.05) is 146 Å². The monoisotopic (exact) mass is 570 g/mol. The molecule has 0 saturated heterocycles. The lowest BCUT2D eigenvalue weighted by Crippen LogP contribution is -2.27. The summed E-state index contributed by atoms with van der Waals surface area (Å²) >= 11 is 3.96. The molecular formula is C40H26S2. The molecule has 0 aliphatic heterocycles. The van der Waals surface area contributed by atoms with Gasteiger partial charge in [-0.15, -0.1) is 22.7 Å². The van der Waals surface area contributed by atoms with Crippen molar-refractivity contribution in [2.24, 2.45) is 0 Å². The van der Waals surface area contributed by atoms with Crippen LogP contribution >= 0.6 is 22.7 Å². The first kappa shape index (κ1) is 24.1. The van der Waals surface area contributed by atoms with Crippen LogP contribution < -0.4 is 0 Å². The lowest BCUT2D eigenvalue weighted by atomic mass is 9.60. The van der Waals surface area contributed by atoms with E-state index in [4.69, 9.17) is 0 Å². The van der Waals surface area contributed by atoms with Crippen molar-refractivity contribution < 1.29 is 0 Å². The molecule has 0 amide bonds. The summed E-state index contributed by atoms with van der Waals surface area (Å²) in [5.41, 5.74) is 14.2. The summed E-state index contributed by atoms with van der Waals surface area (Å²) in [4.78, 5) is 5.63. The second kappa shape index (κ2) is 9.52. The van der Waals surface area contributed by atoms with E-state index in [0.717, 1.165) is 0 Å². The van der Waals surface area contributed by atoms with E-state index < -0.39 is 0 Å². The Morgan fingerprint density at radius 3 is 0.786 bits per heavy atom. The molecule has 3 aliphatic rings. The van der Waals surface area contributed by atoms with Crippen molar-refractivity contribution in [3.63, 3.8) is 0 Å². The van der Waals surface area contributed by atoms with Gasteiger partial charge < -0.3 is 0 Å². The molecule has 2 heteroatoms. The number of benzene rings is 5. The van der Waals surface area contributed by atoms with Gasteiger partial charge in [0.2, 0.25) is 0 Å². The smallest absolute Gasteiger partial charge is 0.0394 e. The third kappa shape index (κ3) is 3.46. The minimum atomic E-state index is 0.184. The molecule has 198 valence electrons. The summed E-state index contributed by atoms with van der Waals surface area (Å²) in [6, 6.07) is 53.5. The molecule has 0 spiro atoms. The molecule has 2 aromatic heterocycles. The Bertz CT molecular complexity index is 1790. The van der Waals surface area contributed by atoms with Crippen molar-refractivity contribution >= 4 is 22.7 Å². The number of thiophene rings is 2. The molecule has 0 unspecified atom stereocenters. The lowest BCUT2D eigenvalue weighted by Gasteiger charge is -2.41. The molecule has 0 atom stereocenters. The van der Waals surface area contributed by atoms with Crippen LogP contribution in [-0.4, -0.2) is 0 Å². The summed E-state index contributed by atoms with van der Waals surface area (Å²) in [5, 5.41) is 0. The fourth-order valence-electron chi connectivity index (χ4n) is 7.22. The van der Waals surface area contributed by atoms with Crippen LogP contribution in [0.25, 0.3) is 41.8 Å². The average molecular weight is 571 g/mol. The van der Waals surface area contributed by atoms with Crippen LogP contribution in [0.2, 0.25) is 0 Å². The summed E-state index contributed by atoms with van der Waals surface area (Å²) in [6.45, 7) is 0. The zero-order valence-electron chi connectivity index (χ0n) is 22.8. The predicted octanol–water partition coefficient (Wildman–Crippen LogP) is 11.5. The molecule has 5 aromatic carbocycles. The van der Waals surface area contributed by atoms with Crippen LogP contribution in [0.5, 0.6) is 0 Å². The first-order valence-electron chi connectivity index (χ1n) is 14.5. The van der Waals surface area contributed by atoms with Gasteiger partial charge in [0.1, 0.15) is 0 Å². The maximum absolute atomic E-state index is 2.39. The van der Waals surface area contributed by atoms with Gasteiger partial charge in [-0.05, 0) is 55.6 Å². The molecule has 7 aromatic rings. The first-order chi connectivity index (χ1) is 20.9. The second-order valence-corrected chi connectivity index (χ2v) is 13.2. The summed E-state index contributed by atoms with van der Waals surface area (Å²) in [5.74, 6) is 0.369. The van der Waals surface area contributed by atoms with Gasteiger partial charge in [-0.2, -0.15) is 0 Å². The highest BCUT2D eigenvalue weighted by Gasteiger charge is 2.48. The summed E-state index contributed by atoms with van der Waals surface area (Å²) in [7, 11) is 0. The van der Waals surface area contributed by atoms with Gasteiger partial charge in [-0.3, -0.25) is 0 Å². The first-order valence-corrected chi connectivity index (χ1v) is 16.2. The Hall–Kier alpha value is -4.50. The Balaban J connectivity index is 1.43. The van der Waals surface area contributed by atoms with Crippen LogP contribution in [0.4, 0.5) is 0 Å². The van der Waals surface area contributed by atoms with E-state index in [9.17, 15) is 0 Å². The van der Waals surface area contributed by atoms with E-state index in [1.165, 1.54) is 75.1 Å². The standard InChI is InChI=1S/C40H26S2/c1-5-15-25(16-6-1)37-33-31-29-23-13-14-24-30(29)32(34(33)38(41-37)26-17-7-2-8-18-26)36-35(31)39(27-19-9-3-10-20-27)42-40(36)28-21-11-4-12-22-28/h1-24,31-32H. The van der Waals surface area contributed by atoms with E-state index >= 15 is 0 Å². The molecule has 0 N–H and O–H groups in total. The van der Waals surface area contributed by atoms with E-state index in [1.807, 2.05) is 22.7 Å². The predicted molar refractivity (Wildman–Crippen MR) is 179 cm³/mol. The largest absolute Gasteiger partial charge is 0.135 e. The van der Waals surface area contributed by atoms with E-state index in [1.54, 1.807) is 0 Å². The number of hydrogen-bond donors (Lipinski definition) is 0. The van der Waals surface area contributed by atoms with Crippen molar-refractivity contribution in [2.75, 3.05) is 0 Å². The van der Waals surface area contributed by atoms with Crippen molar-refractivity contribution in [3.8, 4) is 41.8 Å². The molecule has 0 fully saturated rings. The maximum Gasteiger partial charge on any atom is 0.0394 e. The molecule has 10 rings (SSSR count). The molecular weight excluding hydrogens is 545 g/mol. The van der Waals surface area contributed by atoms with Crippen molar-refractivity contribution in [1.29, 1.82) is 0 Å². The summed E-state index contributed by atoms with van der Waals surface area (Å²) < 4.78 is 0. The molecule has 3 aliphatic carbocycles. The Morgan fingerprint density at radius 1 is 0.286 bits per heavy atom. The zero-order valence-corrected chi connectivity index (χ0v) is 24.5. The van der Waals surface area contributed by atoms with Crippen LogP contribution in [0.15, 0.2) is 146 Å². The van der Waals surface area contributed by atoms with Crippen LogP contribution in [-0.2, 0) is 0 Å². The van der Waals surface area contributed by atoms with Crippen LogP contribution in [0, 0.1) is 0 Å². The molecule has 0 saturated carbocycles. The fraction of sp³-hybridized carbons (Fsp3) is 0.0500. The third-order valence-corrected chi connectivity index (χ3v) is 11.5. The molecule has 0 nitrogen and oxygen atoms in total. The van der Waals surface area contributed by atoms with Crippen molar-refractivity contribution in [3.05, 3.63) is 179 Å². The van der Waals surface area contributed by atoms with E-state index in [2.05, 4.69) is 146 Å². The van der Waals surface area contributed by atoms with E-state index in [-0.39, 0.29) is 11.8 Å². The minimum Gasteiger partial charge on any atom is -0.135 e.